The largest absolute Gasteiger partial charge is 0.487 e. The van der Waals surface area contributed by atoms with Crippen LogP contribution in [0.4, 0.5) is 4.39 Å². The molecule has 1 aliphatic carbocycles. The lowest BCUT2D eigenvalue weighted by atomic mass is 9.88. The first-order chi connectivity index (χ1) is 14.4. The van der Waals surface area contributed by atoms with Crippen LogP contribution in [0.2, 0.25) is 0 Å². The van der Waals surface area contributed by atoms with Gasteiger partial charge in [-0.1, -0.05) is 33.8 Å². The van der Waals surface area contributed by atoms with E-state index in [0.29, 0.717) is 31.6 Å². The van der Waals surface area contributed by atoms with Crippen molar-refractivity contribution in [3.63, 3.8) is 0 Å². The highest BCUT2D eigenvalue weighted by atomic mass is 32.2. The highest BCUT2D eigenvalue weighted by molar-refractivity contribution is 7.91. The number of rotatable bonds is 12. The number of halogens is 1. The summed E-state index contributed by atoms with van der Waals surface area (Å²) in [6.07, 6.45) is 4.76. The SMILES string of the molecule is CC[C@@](O)(CCS(=O)(=O)CCCOCC(C)(C)C)c1ccc(F)c(OC2CCCC2)c1. The third-order valence-electron chi connectivity index (χ3n) is 5.76. The normalized spacial score (nSPS) is 17.6. The summed E-state index contributed by atoms with van der Waals surface area (Å²) in [5, 5.41) is 11.2. The van der Waals surface area contributed by atoms with E-state index in [1.54, 1.807) is 6.92 Å². The molecule has 178 valence electrons. The predicted molar refractivity (Wildman–Crippen MR) is 122 cm³/mol. The number of ether oxygens (including phenoxy) is 2. The summed E-state index contributed by atoms with van der Waals surface area (Å²) in [5.41, 5.74) is -0.809. The Morgan fingerprint density at radius 1 is 1.16 bits per heavy atom. The Bertz CT molecular complexity index is 797. The lowest BCUT2D eigenvalue weighted by Gasteiger charge is -2.28. The van der Waals surface area contributed by atoms with Crippen molar-refractivity contribution >= 4 is 9.84 Å². The van der Waals surface area contributed by atoms with Crippen LogP contribution in [0.1, 0.15) is 78.2 Å². The number of benzene rings is 1. The van der Waals surface area contributed by atoms with E-state index in [0.717, 1.165) is 25.7 Å². The summed E-state index contributed by atoms with van der Waals surface area (Å²) in [4.78, 5) is 0. The molecule has 0 aliphatic heterocycles. The zero-order valence-electron chi connectivity index (χ0n) is 19.5. The number of hydrogen-bond donors (Lipinski definition) is 1. The fraction of sp³-hybridized carbons (Fsp3) is 0.750. The second-order valence-electron chi connectivity index (χ2n) is 9.92. The molecule has 2 rings (SSSR count). The zero-order valence-corrected chi connectivity index (χ0v) is 20.3. The Hall–Kier alpha value is -1.18. The lowest BCUT2D eigenvalue weighted by molar-refractivity contribution is 0.0286. The average Bonchev–Trinajstić information content (AvgIpc) is 3.20. The first kappa shape index (κ1) is 26.1. The second kappa shape index (κ2) is 11.1. The molecule has 1 saturated carbocycles. The summed E-state index contributed by atoms with van der Waals surface area (Å²) in [7, 11) is -3.33. The van der Waals surface area contributed by atoms with Crippen molar-refractivity contribution in [1.82, 2.24) is 0 Å². The molecule has 0 bridgehead atoms. The Kier molecular flexibility index (Phi) is 9.34. The molecule has 1 aromatic carbocycles. The van der Waals surface area contributed by atoms with Gasteiger partial charge < -0.3 is 14.6 Å². The zero-order chi connectivity index (χ0) is 23.1. The molecule has 31 heavy (non-hydrogen) atoms. The van der Waals surface area contributed by atoms with Crippen molar-refractivity contribution in [3.8, 4) is 5.75 Å². The standard InChI is InChI=1S/C24H39FO5S/c1-5-24(26,13-16-31(27,28)15-8-14-29-18-23(2,3)4)19-11-12-21(25)22(17-19)30-20-9-6-7-10-20/h11-12,17,20,26H,5-10,13-16,18H2,1-4H3/t24-/m1/s1. The van der Waals surface area contributed by atoms with Crippen molar-refractivity contribution < 1.29 is 27.4 Å². The number of hydrogen-bond acceptors (Lipinski definition) is 5. The summed E-state index contributed by atoms with van der Waals surface area (Å²) in [6, 6.07) is 4.35. The Morgan fingerprint density at radius 2 is 1.84 bits per heavy atom. The van der Waals surface area contributed by atoms with Crippen LogP contribution in [0.15, 0.2) is 18.2 Å². The molecule has 1 N–H and O–H groups in total. The highest BCUT2D eigenvalue weighted by Gasteiger charge is 2.31. The van der Waals surface area contributed by atoms with Crippen LogP contribution in [-0.2, 0) is 20.2 Å². The van der Waals surface area contributed by atoms with Gasteiger partial charge >= 0.3 is 0 Å². The van der Waals surface area contributed by atoms with Gasteiger partial charge in [0.1, 0.15) is 0 Å². The van der Waals surface area contributed by atoms with Gasteiger partial charge in [-0.2, -0.15) is 0 Å². The summed E-state index contributed by atoms with van der Waals surface area (Å²) < 4.78 is 50.6. The summed E-state index contributed by atoms with van der Waals surface area (Å²) in [6.45, 7) is 8.97. The van der Waals surface area contributed by atoms with E-state index in [1.165, 1.54) is 18.2 Å². The van der Waals surface area contributed by atoms with Crippen molar-refractivity contribution in [2.75, 3.05) is 24.7 Å². The predicted octanol–water partition coefficient (Wildman–Crippen LogP) is 5.00. The molecule has 0 radical (unpaired) electrons. The van der Waals surface area contributed by atoms with Gasteiger partial charge in [-0.15, -0.1) is 0 Å². The van der Waals surface area contributed by atoms with Crippen LogP contribution in [-0.4, -0.2) is 44.3 Å². The molecule has 1 aromatic rings. The number of sulfone groups is 1. The maximum absolute atomic E-state index is 14.3. The third-order valence-corrected chi connectivity index (χ3v) is 7.49. The first-order valence-corrected chi connectivity index (χ1v) is 13.2. The minimum absolute atomic E-state index is 0.000323. The van der Waals surface area contributed by atoms with Crippen molar-refractivity contribution in [2.24, 2.45) is 5.41 Å². The Balaban J connectivity index is 1.95. The van der Waals surface area contributed by atoms with Crippen LogP contribution >= 0.6 is 0 Å². The van der Waals surface area contributed by atoms with Crippen molar-refractivity contribution in [3.05, 3.63) is 29.6 Å². The molecule has 0 amide bonds. The van der Waals surface area contributed by atoms with Gasteiger partial charge in [0.25, 0.3) is 0 Å². The molecule has 0 heterocycles. The van der Waals surface area contributed by atoms with Crippen LogP contribution in [0.5, 0.6) is 5.75 Å². The van der Waals surface area contributed by atoms with E-state index in [1.807, 2.05) is 0 Å². The van der Waals surface area contributed by atoms with Gasteiger partial charge in [-0.3, -0.25) is 0 Å². The molecule has 1 atom stereocenters. The van der Waals surface area contributed by atoms with Gasteiger partial charge in [0.15, 0.2) is 21.4 Å². The molecule has 0 aromatic heterocycles. The summed E-state index contributed by atoms with van der Waals surface area (Å²) >= 11 is 0. The van der Waals surface area contributed by atoms with Crippen LogP contribution in [0.3, 0.4) is 0 Å². The monoisotopic (exact) mass is 458 g/mol. The molecule has 1 aliphatic rings. The fourth-order valence-electron chi connectivity index (χ4n) is 3.78. The topological polar surface area (TPSA) is 72.8 Å². The Labute approximate surface area is 187 Å². The molecule has 1 fully saturated rings. The minimum atomic E-state index is -3.33. The fourth-order valence-corrected chi connectivity index (χ4v) is 5.19. The van der Waals surface area contributed by atoms with E-state index >= 15 is 0 Å². The highest BCUT2D eigenvalue weighted by Crippen LogP contribution is 2.34. The van der Waals surface area contributed by atoms with Crippen LogP contribution in [0.25, 0.3) is 0 Å². The molecule has 7 heteroatoms. The van der Waals surface area contributed by atoms with E-state index in [-0.39, 0.29) is 35.2 Å². The number of aliphatic hydroxyl groups is 1. The van der Waals surface area contributed by atoms with E-state index in [2.05, 4.69) is 20.8 Å². The van der Waals surface area contributed by atoms with Gasteiger partial charge in [0, 0.05) is 6.61 Å². The third kappa shape index (κ3) is 8.70. The molecular formula is C24H39FO5S. The van der Waals surface area contributed by atoms with Crippen molar-refractivity contribution in [1.29, 1.82) is 0 Å². The summed E-state index contributed by atoms with van der Waals surface area (Å²) in [5.74, 6) is -0.435. The van der Waals surface area contributed by atoms with Gasteiger partial charge in [-0.25, -0.2) is 12.8 Å². The van der Waals surface area contributed by atoms with Gasteiger partial charge in [0.2, 0.25) is 0 Å². The average molecular weight is 459 g/mol. The second-order valence-corrected chi connectivity index (χ2v) is 12.2. The Morgan fingerprint density at radius 3 is 2.45 bits per heavy atom. The minimum Gasteiger partial charge on any atom is -0.487 e. The maximum atomic E-state index is 14.3. The maximum Gasteiger partial charge on any atom is 0.165 e. The van der Waals surface area contributed by atoms with E-state index < -0.39 is 21.3 Å². The van der Waals surface area contributed by atoms with Gasteiger partial charge in [0.05, 0.1) is 29.8 Å². The lowest BCUT2D eigenvalue weighted by Crippen LogP contribution is -2.29. The van der Waals surface area contributed by atoms with E-state index in [4.69, 9.17) is 9.47 Å². The quantitative estimate of drug-likeness (QED) is 0.446. The van der Waals surface area contributed by atoms with Gasteiger partial charge in [-0.05, 0) is 68.1 Å². The molecule has 5 nitrogen and oxygen atoms in total. The van der Waals surface area contributed by atoms with Crippen LogP contribution < -0.4 is 4.74 Å². The molecule has 0 unspecified atom stereocenters. The van der Waals surface area contributed by atoms with Crippen LogP contribution in [0, 0.1) is 11.2 Å². The molecule has 0 spiro atoms. The van der Waals surface area contributed by atoms with Crippen molar-refractivity contribution in [2.45, 2.75) is 84.3 Å². The molecular weight excluding hydrogens is 419 g/mol. The molecule has 0 saturated heterocycles. The van der Waals surface area contributed by atoms with E-state index in [9.17, 15) is 17.9 Å². The smallest absolute Gasteiger partial charge is 0.165 e. The first-order valence-electron chi connectivity index (χ1n) is 11.4.